The largest absolute Gasteiger partial charge is 0.478 e. The van der Waals surface area contributed by atoms with Crippen molar-refractivity contribution in [3.8, 4) is 0 Å². The molecule has 1 N–H and O–H groups in total. The summed E-state index contributed by atoms with van der Waals surface area (Å²) in [4.78, 5) is 10.3. The maximum atomic E-state index is 10.3. The third-order valence-corrected chi connectivity index (χ3v) is 5.08. The number of hydrogen-bond acceptors (Lipinski definition) is 1. The van der Waals surface area contributed by atoms with Gasteiger partial charge in [0.2, 0.25) is 0 Å². The summed E-state index contributed by atoms with van der Waals surface area (Å²) in [6, 6.07) is 9.14. The zero-order chi connectivity index (χ0) is 17.2. The summed E-state index contributed by atoms with van der Waals surface area (Å²) in [5.74, 6) is 0.819. The lowest BCUT2D eigenvalue weighted by molar-refractivity contribution is -0.131. The quantitative estimate of drug-likeness (QED) is 0.477. The Balaban J connectivity index is 1.76. The third kappa shape index (κ3) is 6.35. The minimum atomic E-state index is -0.904. The minimum Gasteiger partial charge on any atom is -0.478 e. The molecule has 2 heteroatoms. The van der Waals surface area contributed by atoms with Crippen molar-refractivity contribution in [2.45, 2.75) is 64.2 Å². The van der Waals surface area contributed by atoms with E-state index in [-0.39, 0.29) is 0 Å². The molecule has 1 aliphatic carbocycles. The van der Waals surface area contributed by atoms with Crippen molar-refractivity contribution in [3.05, 3.63) is 59.7 Å². The minimum absolute atomic E-state index is 0.758. The molecule has 0 spiro atoms. The maximum absolute atomic E-state index is 10.3. The Bertz CT molecular complexity index is 546. The summed E-state index contributed by atoms with van der Waals surface area (Å²) in [5.41, 5.74) is 2.86. The number of aryl methyl sites for hydroxylation is 1. The van der Waals surface area contributed by atoms with Crippen LogP contribution >= 0.6 is 0 Å². The molecule has 0 bridgehead atoms. The highest BCUT2D eigenvalue weighted by atomic mass is 16.4. The number of carboxylic acids is 1. The van der Waals surface area contributed by atoms with Gasteiger partial charge in [0.05, 0.1) is 0 Å². The second kappa shape index (κ2) is 10.1. The average molecular weight is 326 g/mol. The molecule has 0 radical (unpaired) electrons. The van der Waals surface area contributed by atoms with Crippen molar-refractivity contribution in [2.75, 3.05) is 0 Å². The van der Waals surface area contributed by atoms with Crippen molar-refractivity contribution in [2.24, 2.45) is 5.92 Å². The Kier molecular flexibility index (Phi) is 7.81. The standard InChI is InChI=1S/C22H30O2/c1-2-7-18-10-14-20(15-11-18)21-16-12-19(13-17-21)8-5-3-4-6-9-22(23)24/h3-4,6,9,12-13,16-18,20H,2,5,7-8,10-11,14-15H2,1H3,(H,23,24). The highest BCUT2D eigenvalue weighted by Gasteiger charge is 2.21. The zero-order valence-corrected chi connectivity index (χ0v) is 14.8. The van der Waals surface area contributed by atoms with Gasteiger partial charge in [-0.25, -0.2) is 4.79 Å². The molecule has 1 fully saturated rings. The van der Waals surface area contributed by atoms with Crippen LogP contribution in [-0.2, 0) is 11.2 Å². The van der Waals surface area contributed by atoms with E-state index in [0.29, 0.717) is 0 Å². The average Bonchev–Trinajstić information content (AvgIpc) is 2.59. The fourth-order valence-electron chi connectivity index (χ4n) is 3.71. The molecule has 0 unspecified atom stereocenters. The van der Waals surface area contributed by atoms with Crippen LogP contribution < -0.4 is 0 Å². The summed E-state index contributed by atoms with van der Waals surface area (Å²) in [7, 11) is 0. The molecule has 0 aromatic heterocycles. The monoisotopic (exact) mass is 326 g/mol. The van der Waals surface area contributed by atoms with Gasteiger partial charge in [-0.15, -0.1) is 0 Å². The van der Waals surface area contributed by atoms with Crippen molar-refractivity contribution in [1.29, 1.82) is 0 Å². The fourth-order valence-corrected chi connectivity index (χ4v) is 3.71. The normalized spacial score (nSPS) is 21.5. The smallest absolute Gasteiger partial charge is 0.328 e. The van der Waals surface area contributed by atoms with E-state index in [9.17, 15) is 4.79 Å². The van der Waals surface area contributed by atoms with Gasteiger partial charge in [-0.1, -0.05) is 62.3 Å². The molecule has 0 saturated heterocycles. The van der Waals surface area contributed by atoms with E-state index < -0.39 is 5.97 Å². The first-order valence-corrected chi connectivity index (χ1v) is 9.34. The molecule has 1 aromatic rings. The number of allylic oxidation sites excluding steroid dienone is 3. The van der Waals surface area contributed by atoms with E-state index in [2.05, 4.69) is 31.2 Å². The molecule has 1 saturated carbocycles. The lowest BCUT2D eigenvalue weighted by Crippen LogP contribution is -2.13. The summed E-state index contributed by atoms with van der Waals surface area (Å²) in [6.07, 6.45) is 16.7. The van der Waals surface area contributed by atoms with Gasteiger partial charge in [0, 0.05) is 6.08 Å². The summed E-state index contributed by atoms with van der Waals surface area (Å²) >= 11 is 0. The number of benzene rings is 1. The number of carbonyl (C=O) groups is 1. The number of carboxylic acid groups (broad SMARTS) is 1. The van der Waals surface area contributed by atoms with E-state index in [1.54, 1.807) is 12.2 Å². The first-order valence-electron chi connectivity index (χ1n) is 9.34. The zero-order valence-electron chi connectivity index (χ0n) is 14.8. The van der Waals surface area contributed by atoms with Crippen LogP contribution in [0, 0.1) is 5.92 Å². The van der Waals surface area contributed by atoms with Crippen LogP contribution in [-0.4, -0.2) is 11.1 Å². The molecule has 0 amide bonds. The van der Waals surface area contributed by atoms with Crippen LogP contribution in [0.2, 0.25) is 0 Å². The first-order chi connectivity index (χ1) is 11.7. The van der Waals surface area contributed by atoms with E-state index >= 15 is 0 Å². The van der Waals surface area contributed by atoms with Crippen molar-refractivity contribution >= 4 is 5.97 Å². The van der Waals surface area contributed by atoms with E-state index in [4.69, 9.17) is 5.11 Å². The highest BCUT2D eigenvalue weighted by molar-refractivity contribution is 5.80. The van der Waals surface area contributed by atoms with E-state index in [0.717, 1.165) is 30.8 Å². The molecule has 1 aromatic carbocycles. The van der Waals surface area contributed by atoms with Crippen molar-refractivity contribution in [1.82, 2.24) is 0 Å². The SMILES string of the molecule is CCCC1CCC(c2ccc(CCC=CC=CC(=O)O)cc2)CC1. The Labute approximate surface area is 146 Å². The van der Waals surface area contributed by atoms with Gasteiger partial charge in [-0.2, -0.15) is 0 Å². The van der Waals surface area contributed by atoms with Crippen molar-refractivity contribution in [3.63, 3.8) is 0 Å². The molecule has 0 aliphatic heterocycles. The lowest BCUT2D eigenvalue weighted by Gasteiger charge is -2.28. The lowest BCUT2D eigenvalue weighted by atomic mass is 9.77. The van der Waals surface area contributed by atoms with Crippen molar-refractivity contribution < 1.29 is 9.90 Å². The molecule has 24 heavy (non-hydrogen) atoms. The maximum Gasteiger partial charge on any atom is 0.328 e. The predicted molar refractivity (Wildman–Crippen MR) is 100 cm³/mol. The van der Waals surface area contributed by atoms with Gasteiger partial charge >= 0.3 is 5.97 Å². The van der Waals surface area contributed by atoms with Gasteiger partial charge in [0.25, 0.3) is 0 Å². The molecular weight excluding hydrogens is 296 g/mol. The van der Waals surface area contributed by atoms with Crippen LogP contribution in [0.1, 0.15) is 68.9 Å². The summed E-state index contributed by atoms with van der Waals surface area (Å²) in [6.45, 7) is 2.29. The highest BCUT2D eigenvalue weighted by Crippen LogP contribution is 2.37. The van der Waals surface area contributed by atoms with Crippen LogP contribution in [0.25, 0.3) is 0 Å². The molecule has 2 rings (SSSR count). The first kappa shape index (κ1) is 18.5. The van der Waals surface area contributed by atoms with Crippen LogP contribution in [0.4, 0.5) is 0 Å². The molecule has 2 nitrogen and oxygen atoms in total. The Morgan fingerprint density at radius 3 is 2.46 bits per heavy atom. The van der Waals surface area contributed by atoms with Gasteiger partial charge in [0.1, 0.15) is 0 Å². The molecule has 0 heterocycles. The number of rotatable bonds is 8. The van der Waals surface area contributed by atoms with Gasteiger partial charge in [-0.3, -0.25) is 0 Å². The predicted octanol–water partition coefficient (Wildman–Crippen LogP) is 5.89. The van der Waals surface area contributed by atoms with Gasteiger partial charge in [-0.05, 0) is 61.5 Å². The Hall–Kier alpha value is -1.83. The number of aliphatic carboxylic acids is 1. The van der Waals surface area contributed by atoms with Gasteiger partial charge in [0.15, 0.2) is 0 Å². The molecule has 130 valence electrons. The summed E-state index contributed by atoms with van der Waals surface area (Å²) in [5, 5.41) is 8.50. The van der Waals surface area contributed by atoms with Gasteiger partial charge < -0.3 is 5.11 Å². The Morgan fingerprint density at radius 1 is 1.12 bits per heavy atom. The van der Waals surface area contributed by atoms with Crippen LogP contribution in [0.15, 0.2) is 48.6 Å². The second-order valence-corrected chi connectivity index (χ2v) is 6.91. The van der Waals surface area contributed by atoms with E-state index in [1.807, 2.05) is 6.08 Å². The topological polar surface area (TPSA) is 37.3 Å². The van der Waals surface area contributed by atoms with E-state index in [1.165, 1.54) is 49.7 Å². The second-order valence-electron chi connectivity index (χ2n) is 6.91. The molecular formula is C22H30O2. The summed E-state index contributed by atoms with van der Waals surface area (Å²) < 4.78 is 0. The van der Waals surface area contributed by atoms with Crippen LogP contribution in [0.5, 0.6) is 0 Å². The van der Waals surface area contributed by atoms with Crippen LogP contribution in [0.3, 0.4) is 0 Å². The number of hydrogen-bond donors (Lipinski definition) is 1. The molecule has 0 atom stereocenters. The Morgan fingerprint density at radius 2 is 1.83 bits per heavy atom. The fraction of sp³-hybridized carbons (Fsp3) is 0.500. The molecule has 1 aliphatic rings. The third-order valence-electron chi connectivity index (χ3n) is 5.08.